The molecule has 4 aromatic rings. The summed E-state index contributed by atoms with van der Waals surface area (Å²) in [7, 11) is 0. The number of fused-ring (bicyclic) bond motifs is 1. The predicted molar refractivity (Wildman–Crippen MR) is 132 cm³/mol. The SMILES string of the molecule is Cc1ccn2c(NC(C)(C)C)c(-c3cccc(OC(=O)CSc4ccccc4)c3)nc2c1. The van der Waals surface area contributed by atoms with E-state index in [1.165, 1.54) is 11.8 Å². The van der Waals surface area contributed by atoms with Crippen LogP contribution in [0.3, 0.4) is 0 Å². The van der Waals surface area contributed by atoms with Crippen molar-refractivity contribution in [3.8, 4) is 17.0 Å². The number of rotatable bonds is 6. The second-order valence-electron chi connectivity index (χ2n) is 8.72. The van der Waals surface area contributed by atoms with Gasteiger partial charge < -0.3 is 10.1 Å². The molecule has 2 aromatic heterocycles. The third-order valence-corrected chi connectivity index (χ3v) is 5.70. The number of esters is 1. The van der Waals surface area contributed by atoms with Gasteiger partial charge in [0.25, 0.3) is 0 Å². The molecule has 0 amide bonds. The van der Waals surface area contributed by atoms with Crippen molar-refractivity contribution in [1.82, 2.24) is 9.38 Å². The Balaban J connectivity index is 1.60. The maximum absolute atomic E-state index is 12.4. The molecule has 0 spiro atoms. The fraction of sp³-hybridized carbons (Fsp3) is 0.231. The van der Waals surface area contributed by atoms with Crippen molar-refractivity contribution in [1.29, 1.82) is 0 Å². The number of nitrogens with one attached hydrogen (secondary N) is 1. The number of benzene rings is 2. The van der Waals surface area contributed by atoms with Gasteiger partial charge in [0.15, 0.2) is 0 Å². The van der Waals surface area contributed by atoms with Crippen LogP contribution in [0.1, 0.15) is 26.3 Å². The number of carbonyl (C=O) groups excluding carboxylic acids is 1. The zero-order chi connectivity index (χ0) is 22.7. The van der Waals surface area contributed by atoms with E-state index in [0.717, 1.165) is 33.2 Å². The van der Waals surface area contributed by atoms with Crippen molar-refractivity contribution < 1.29 is 9.53 Å². The molecule has 0 aliphatic heterocycles. The number of carbonyl (C=O) groups is 1. The molecule has 6 heteroatoms. The number of ether oxygens (including phenoxy) is 1. The maximum Gasteiger partial charge on any atom is 0.321 e. The van der Waals surface area contributed by atoms with Crippen LogP contribution in [-0.4, -0.2) is 26.6 Å². The number of thioether (sulfide) groups is 1. The van der Waals surface area contributed by atoms with Crippen LogP contribution >= 0.6 is 11.8 Å². The molecule has 164 valence electrons. The zero-order valence-electron chi connectivity index (χ0n) is 18.8. The Kier molecular flexibility index (Phi) is 6.24. The number of aryl methyl sites for hydroxylation is 1. The molecule has 0 bridgehead atoms. The van der Waals surface area contributed by atoms with Gasteiger partial charge in [-0.2, -0.15) is 0 Å². The van der Waals surface area contributed by atoms with Crippen LogP contribution in [-0.2, 0) is 4.79 Å². The van der Waals surface area contributed by atoms with Gasteiger partial charge in [-0.1, -0.05) is 30.3 Å². The van der Waals surface area contributed by atoms with Crippen molar-refractivity contribution in [2.24, 2.45) is 0 Å². The summed E-state index contributed by atoms with van der Waals surface area (Å²) in [6.45, 7) is 8.41. The van der Waals surface area contributed by atoms with E-state index in [-0.39, 0.29) is 17.3 Å². The number of imidazole rings is 1. The van der Waals surface area contributed by atoms with Crippen LogP contribution in [0.25, 0.3) is 16.9 Å². The maximum atomic E-state index is 12.4. The topological polar surface area (TPSA) is 55.6 Å². The van der Waals surface area contributed by atoms with Crippen LogP contribution in [0.4, 0.5) is 5.82 Å². The second-order valence-corrected chi connectivity index (χ2v) is 9.77. The highest BCUT2D eigenvalue weighted by Gasteiger charge is 2.20. The first-order chi connectivity index (χ1) is 15.3. The molecule has 0 atom stereocenters. The predicted octanol–water partition coefficient (Wildman–Crippen LogP) is 6.22. The van der Waals surface area contributed by atoms with Gasteiger partial charge >= 0.3 is 5.97 Å². The van der Waals surface area contributed by atoms with Gasteiger partial charge in [0.1, 0.15) is 22.9 Å². The minimum atomic E-state index is -0.283. The fourth-order valence-corrected chi connectivity index (χ4v) is 4.04. The summed E-state index contributed by atoms with van der Waals surface area (Å²) < 4.78 is 7.68. The van der Waals surface area contributed by atoms with Crippen molar-refractivity contribution in [2.75, 3.05) is 11.1 Å². The van der Waals surface area contributed by atoms with Crippen molar-refractivity contribution in [2.45, 2.75) is 38.1 Å². The van der Waals surface area contributed by atoms with E-state index in [9.17, 15) is 4.79 Å². The molecule has 1 N–H and O–H groups in total. The highest BCUT2D eigenvalue weighted by atomic mass is 32.2. The summed E-state index contributed by atoms with van der Waals surface area (Å²) in [4.78, 5) is 18.3. The quantitative estimate of drug-likeness (QED) is 0.217. The molecule has 0 saturated heterocycles. The van der Waals surface area contributed by atoms with Gasteiger partial charge in [-0.05, 0) is 69.7 Å². The van der Waals surface area contributed by atoms with Gasteiger partial charge in [0.05, 0.1) is 5.75 Å². The molecule has 0 unspecified atom stereocenters. The van der Waals surface area contributed by atoms with Crippen LogP contribution in [0.2, 0.25) is 0 Å². The Morgan fingerprint density at radius 1 is 1.06 bits per heavy atom. The van der Waals surface area contributed by atoms with E-state index >= 15 is 0 Å². The van der Waals surface area contributed by atoms with Crippen molar-refractivity contribution in [3.05, 3.63) is 78.5 Å². The average Bonchev–Trinajstić information content (AvgIpc) is 3.09. The first-order valence-electron chi connectivity index (χ1n) is 10.5. The molecule has 0 saturated carbocycles. The Hall–Kier alpha value is -3.25. The monoisotopic (exact) mass is 445 g/mol. The Labute approximate surface area is 192 Å². The number of anilines is 1. The largest absolute Gasteiger partial charge is 0.426 e. The highest BCUT2D eigenvalue weighted by Crippen LogP contribution is 2.33. The van der Waals surface area contributed by atoms with Crippen LogP contribution in [0.5, 0.6) is 5.75 Å². The lowest BCUT2D eigenvalue weighted by atomic mass is 10.1. The minimum absolute atomic E-state index is 0.145. The molecule has 0 aliphatic carbocycles. The third-order valence-electron chi connectivity index (χ3n) is 4.71. The van der Waals surface area contributed by atoms with Crippen LogP contribution in [0.15, 0.2) is 77.8 Å². The second kappa shape index (κ2) is 9.09. The lowest BCUT2D eigenvalue weighted by molar-refractivity contribution is -0.131. The molecule has 5 nitrogen and oxygen atoms in total. The molecule has 2 aromatic carbocycles. The molecule has 0 aliphatic rings. The van der Waals surface area contributed by atoms with E-state index in [2.05, 4.69) is 49.5 Å². The summed E-state index contributed by atoms with van der Waals surface area (Å²) in [5.41, 5.74) is 3.58. The van der Waals surface area contributed by atoms with Crippen LogP contribution < -0.4 is 10.1 Å². The molecular formula is C26H27N3O2S. The Bertz CT molecular complexity index is 1240. The molecular weight excluding hydrogens is 418 g/mol. The van der Waals surface area contributed by atoms with Gasteiger partial charge in [-0.3, -0.25) is 9.20 Å². The molecule has 32 heavy (non-hydrogen) atoms. The number of hydrogen-bond donors (Lipinski definition) is 1. The Morgan fingerprint density at radius 3 is 2.59 bits per heavy atom. The average molecular weight is 446 g/mol. The minimum Gasteiger partial charge on any atom is -0.426 e. The number of nitrogens with zero attached hydrogens (tertiary/aromatic N) is 2. The van der Waals surface area contributed by atoms with Crippen LogP contribution in [0, 0.1) is 6.92 Å². The van der Waals surface area contributed by atoms with Gasteiger partial charge in [0, 0.05) is 22.2 Å². The van der Waals surface area contributed by atoms with Gasteiger partial charge in [-0.25, -0.2) is 4.98 Å². The first kappa shape index (κ1) is 22.0. The standard InChI is InChI=1S/C26H27N3O2S/c1-18-13-14-29-22(15-18)27-24(25(29)28-26(2,3)4)19-9-8-10-20(16-19)31-23(30)17-32-21-11-6-5-7-12-21/h5-16,28H,17H2,1-4H3. The fourth-order valence-electron chi connectivity index (χ4n) is 3.35. The van der Waals surface area contributed by atoms with Gasteiger partial charge in [-0.15, -0.1) is 11.8 Å². The summed E-state index contributed by atoms with van der Waals surface area (Å²) in [5, 5.41) is 3.58. The molecule has 0 fully saturated rings. The normalized spacial score (nSPS) is 11.5. The molecule has 2 heterocycles. The zero-order valence-corrected chi connectivity index (χ0v) is 19.6. The Morgan fingerprint density at radius 2 is 1.84 bits per heavy atom. The lowest BCUT2D eigenvalue weighted by Crippen LogP contribution is -2.27. The van der Waals surface area contributed by atoms with E-state index in [4.69, 9.17) is 9.72 Å². The number of hydrogen-bond acceptors (Lipinski definition) is 5. The van der Waals surface area contributed by atoms with Crippen molar-refractivity contribution in [3.63, 3.8) is 0 Å². The lowest BCUT2D eigenvalue weighted by Gasteiger charge is -2.22. The summed E-state index contributed by atoms with van der Waals surface area (Å²) >= 11 is 1.46. The van der Waals surface area contributed by atoms with Gasteiger partial charge in [0.2, 0.25) is 0 Å². The highest BCUT2D eigenvalue weighted by molar-refractivity contribution is 8.00. The number of pyridine rings is 1. The molecule has 4 rings (SSSR count). The van der Waals surface area contributed by atoms with E-state index in [1.807, 2.05) is 54.7 Å². The smallest absolute Gasteiger partial charge is 0.321 e. The van der Waals surface area contributed by atoms with E-state index in [1.54, 1.807) is 6.07 Å². The summed E-state index contributed by atoms with van der Waals surface area (Å²) in [6, 6.07) is 21.5. The molecule has 0 radical (unpaired) electrons. The van der Waals surface area contributed by atoms with E-state index < -0.39 is 0 Å². The number of aromatic nitrogens is 2. The summed E-state index contributed by atoms with van der Waals surface area (Å²) in [5.74, 6) is 1.39. The van der Waals surface area contributed by atoms with E-state index in [0.29, 0.717) is 5.75 Å². The summed E-state index contributed by atoms with van der Waals surface area (Å²) in [6.07, 6.45) is 2.03. The van der Waals surface area contributed by atoms with Crippen molar-refractivity contribution >= 4 is 29.2 Å². The third kappa shape index (κ3) is 5.32. The first-order valence-corrected chi connectivity index (χ1v) is 11.5.